The molecule has 154 valence electrons. The molecule has 0 amide bonds. The van der Waals surface area contributed by atoms with Crippen LogP contribution in [0.2, 0.25) is 0 Å². The molecule has 0 saturated heterocycles. The number of aryl methyl sites for hydroxylation is 1. The van der Waals surface area contributed by atoms with Crippen molar-refractivity contribution in [1.82, 2.24) is 9.97 Å². The van der Waals surface area contributed by atoms with Gasteiger partial charge in [-0.1, -0.05) is 60.2 Å². The van der Waals surface area contributed by atoms with Gasteiger partial charge in [-0.3, -0.25) is 0 Å². The minimum absolute atomic E-state index is 0.0780. The van der Waals surface area contributed by atoms with Crippen LogP contribution in [0, 0.1) is 6.92 Å². The van der Waals surface area contributed by atoms with Gasteiger partial charge in [0.25, 0.3) is 0 Å². The molecule has 0 aliphatic rings. The number of anilines is 1. The third-order valence-corrected chi connectivity index (χ3v) is 4.72. The number of hydrazone groups is 1. The fourth-order valence-corrected chi connectivity index (χ4v) is 3.07. The van der Waals surface area contributed by atoms with Crippen molar-refractivity contribution in [1.29, 1.82) is 0 Å². The molecule has 1 aromatic heterocycles. The van der Waals surface area contributed by atoms with Crippen LogP contribution >= 0.6 is 0 Å². The first kappa shape index (κ1) is 20.1. The van der Waals surface area contributed by atoms with Crippen molar-refractivity contribution in [3.05, 3.63) is 90.0 Å². The molecule has 0 fully saturated rings. The monoisotopic (exact) mass is 410 g/mol. The highest BCUT2D eigenvalue weighted by atomic mass is 16.5. The number of hydrogen-bond donors (Lipinski definition) is 2. The Morgan fingerprint density at radius 2 is 1.55 bits per heavy atom. The van der Waals surface area contributed by atoms with Gasteiger partial charge >= 0.3 is 0 Å². The minimum atomic E-state index is 0.0780. The molecule has 6 nitrogen and oxygen atoms in total. The summed E-state index contributed by atoms with van der Waals surface area (Å²) in [5, 5.41) is 14.0. The topological polar surface area (TPSA) is 79.6 Å². The molecule has 0 saturated carbocycles. The molecule has 2 N–H and O–H groups in total. The fourth-order valence-electron chi connectivity index (χ4n) is 3.07. The van der Waals surface area contributed by atoms with E-state index in [-0.39, 0.29) is 5.75 Å². The maximum absolute atomic E-state index is 9.73. The molecular weight excluding hydrogens is 388 g/mol. The van der Waals surface area contributed by atoms with Crippen LogP contribution in [-0.2, 0) is 0 Å². The summed E-state index contributed by atoms with van der Waals surface area (Å²) in [6, 6.07) is 25.1. The van der Waals surface area contributed by atoms with Gasteiger partial charge in [-0.2, -0.15) is 5.10 Å². The van der Waals surface area contributed by atoms with Crippen LogP contribution in [0.5, 0.6) is 11.5 Å². The molecule has 3 aromatic carbocycles. The number of hydrogen-bond acceptors (Lipinski definition) is 6. The zero-order valence-corrected chi connectivity index (χ0v) is 17.3. The van der Waals surface area contributed by atoms with Crippen LogP contribution in [-0.4, -0.2) is 28.4 Å². The number of methoxy groups -OCH3 is 1. The molecule has 4 rings (SSSR count). The van der Waals surface area contributed by atoms with Crippen molar-refractivity contribution in [2.45, 2.75) is 6.92 Å². The summed E-state index contributed by atoms with van der Waals surface area (Å²) >= 11 is 0. The Morgan fingerprint density at radius 3 is 2.23 bits per heavy atom. The zero-order valence-electron chi connectivity index (χ0n) is 17.3. The second kappa shape index (κ2) is 9.09. The summed E-state index contributed by atoms with van der Waals surface area (Å²) in [6.07, 6.45) is 1.62. The van der Waals surface area contributed by atoms with E-state index in [1.54, 1.807) is 24.4 Å². The highest BCUT2D eigenvalue weighted by molar-refractivity contribution is 5.81. The van der Waals surface area contributed by atoms with Crippen LogP contribution in [0.15, 0.2) is 84.0 Å². The Hall–Kier alpha value is -4.19. The van der Waals surface area contributed by atoms with E-state index in [1.807, 2.05) is 48.5 Å². The van der Waals surface area contributed by atoms with Crippen molar-refractivity contribution < 1.29 is 9.84 Å². The number of benzene rings is 3. The van der Waals surface area contributed by atoms with Crippen molar-refractivity contribution in [2.24, 2.45) is 5.10 Å². The maximum atomic E-state index is 9.73. The SMILES string of the molecule is COc1cc(/C=N/Nc2nc(-c3ccccc3)cc(-c3ccc(C)cc3)n2)ccc1O. The maximum Gasteiger partial charge on any atom is 0.244 e. The lowest BCUT2D eigenvalue weighted by molar-refractivity contribution is 0.373. The van der Waals surface area contributed by atoms with Gasteiger partial charge in [-0.25, -0.2) is 15.4 Å². The largest absolute Gasteiger partial charge is 0.504 e. The van der Waals surface area contributed by atoms with E-state index in [1.165, 1.54) is 12.7 Å². The average Bonchev–Trinajstić information content (AvgIpc) is 2.81. The number of aromatic hydroxyl groups is 1. The lowest BCUT2D eigenvalue weighted by Gasteiger charge is -2.09. The summed E-state index contributed by atoms with van der Waals surface area (Å²) in [6.45, 7) is 2.05. The summed E-state index contributed by atoms with van der Waals surface area (Å²) in [7, 11) is 1.50. The third kappa shape index (κ3) is 4.87. The van der Waals surface area contributed by atoms with Gasteiger partial charge < -0.3 is 9.84 Å². The Balaban J connectivity index is 1.66. The Morgan fingerprint density at radius 1 is 0.871 bits per heavy atom. The highest BCUT2D eigenvalue weighted by Crippen LogP contribution is 2.26. The normalized spacial score (nSPS) is 10.9. The molecule has 0 aliphatic heterocycles. The first-order valence-electron chi connectivity index (χ1n) is 9.80. The molecule has 0 radical (unpaired) electrons. The van der Waals surface area contributed by atoms with E-state index in [0.29, 0.717) is 11.7 Å². The predicted octanol–water partition coefficient (Wildman–Crippen LogP) is 5.28. The third-order valence-electron chi connectivity index (χ3n) is 4.72. The zero-order chi connectivity index (χ0) is 21.6. The van der Waals surface area contributed by atoms with E-state index in [4.69, 9.17) is 4.74 Å². The number of ether oxygens (including phenoxy) is 1. The average molecular weight is 410 g/mol. The van der Waals surface area contributed by atoms with Crippen LogP contribution in [0.4, 0.5) is 5.95 Å². The number of phenolic OH excluding ortho intramolecular Hbond substituents is 1. The van der Waals surface area contributed by atoms with E-state index >= 15 is 0 Å². The standard InChI is InChI=1S/C25H22N4O2/c1-17-8-11-20(12-9-17)22-15-21(19-6-4-3-5-7-19)27-25(28-22)29-26-16-18-10-13-23(30)24(14-18)31-2/h3-16,30H,1-2H3,(H,27,28,29)/b26-16+. The molecule has 4 aromatic rings. The van der Waals surface area contributed by atoms with Crippen LogP contribution in [0.25, 0.3) is 22.5 Å². The molecule has 6 heteroatoms. The number of rotatable bonds is 6. The lowest BCUT2D eigenvalue weighted by Crippen LogP contribution is -2.00. The molecule has 0 bridgehead atoms. The van der Waals surface area contributed by atoms with Gasteiger partial charge in [0, 0.05) is 11.1 Å². The van der Waals surface area contributed by atoms with Gasteiger partial charge in [0.05, 0.1) is 24.7 Å². The van der Waals surface area contributed by atoms with Gasteiger partial charge in [0.2, 0.25) is 5.95 Å². The first-order chi connectivity index (χ1) is 15.1. The molecule has 0 aliphatic carbocycles. The van der Waals surface area contributed by atoms with Crippen molar-refractivity contribution in [3.63, 3.8) is 0 Å². The smallest absolute Gasteiger partial charge is 0.244 e. The summed E-state index contributed by atoms with van der Waals surface area (Å²) in [5.41, 5.74) is 8.47. The van der Waals surface area contributed by atoms with Crippen molar-refractivity contribution in [3.8, 4) is 34.0 Å². The van der Waals surface area contributed by atoms with Crippen molar-refractivity contribution >= 4 is 12.2 Å². The van der Waals surface area contributed by atoms with E-state index < -0.39 is 0 Å². The fraction of sp³-hybridized carbons (Fsp3) is 0.0800. The predicted molar refractivity (Wildman–Crippen MR) is 124 cm³/mol. The van der Waals surface area contributed by atoms with Gasteiger partial charge in [0.1, 0.15) is 0 Å². The molecule has 0 atom stereocenters. The highest BCUT2D eigenvalue weighted by Gasteiger charge is 2.08. The summed E-state index contributed by atoms with van der Waals surface area (Å²) in [4.78, 5) is 9.26. The van der Waals surface area contributed by atoms with Crippen molar-refractivity contribution in [2.75, 3.05) is 12.5 Å². The summed E-state index contributed by atoms with van der Waals surface area (Å²) in [5.74, 6) is 0.848. The van der Waals surface area contributed by atoms with Crippen LogP contribution in [0.3, 0.4) is 0 Å². The quantitative estimate of drug-likeness (QED) is 0.334. The van der Waals surface area contributed by atoms with Crippen LogP contribution < -0.4 is 10.2 Å². The molecule has 31 heavy (non-hydrogen) atoms. The Kier molecular flexibility index (Phi) is 5.89. The van der Waals surface area contributed by atoms with Crippen LogP contribution in [0.1, 0.15) is 11.1 Å². The number of nitrogens with one attached hydrogen (secondary N) is 1. The van der Waals surface area contributed by atoms with E-state index in [9.17, 15) is 5.11 Å². The van der Waals surface area contributed by atoms with Gasteiger partial charge in [-0.05, 0) is 36.8 Å². The Labute approximate surface area is 180 Å². The Bertz CT molecular complexity index is 1210. The number of aromatic nitrogens is 2. The summed E-state index contributed by atoms with van der Waals surface area (Å²) < 4.78 is 5.13. The van der Waals surface area contributed by atoms with Gasteiger partial charge in [-0.15, -0.1) is 0 Å². The first-order valence-corrected chi connectivity index (χ1v) is 9.80. The van der Waals surface area contributed by atoms with E-state index in [2.05, 4.69) is 39.6 Å². The minimum Gasteiger partial charge on any atom is -0.504 e. The number of phenols is 1. The second-order valence-corrected chi connectivity index (χ2v) is 7.00. The molecular formula is C25H22N4O2. The van der Waals surface area contributed by atoms with Gasteiger partial charge in [0.15, 0.2) is 11.5 Å². The number of nitrogens with zero attached hydrogens (tertiary/aromatic N) is 3. The lowest BCUT2D eigenvalue weighted by atomic mass is 10.1. The molecule has 1 heterocycles. The molecule has 0 spiro atoms. The molecule has 0 unspecified atom stereocenters. The van der Waals surface area contributed by atoms with E-state index in [0.717, 1.165) is 28.1 Å². The second-order valence-electron chi connectivity index (χ2n) is 7.00.